The smallest absolute Gasteiger partial charge is 0.142 e. The molecule has 0 fully saturated rings. The fraction of sp³-hybridized carbons (Fsp3) is 0.625. The van der Waals surface area contributed by atoms with Crippen LogP contribution < -0.4 is 15.4 Å². The quantitative estimate of drug-likeness (QED) is 0.874. The predicted molar refractivity (Wildman–Crippen MR) is 81.1 cm³/mol. The predicted octanol–water partition coefficient (Wildman–Crippen LogP) is 3.20. The Kier molecular flexibility index (Phi) is 4.35. The molecule has 1 aliphatic heterocycles. The lowest BCUT2D eigenvalue weighted by Crippen LogP contribution is -2.37. The SMILES string of the molecule is CCC1CNc2cc(CCNC(C)(C)C)ccc2O1. The van der Waals surface area contributed by atoms with Crippen molar-refractivity contribution >= 4 is 5.69 Å². The van der Waals surface area contributed by atoms with E-state index >= 15 is 0 Å². The van der Waals surface area contributed by atoms with Crippen LogP contribution in [0.3, 0.4) is 0 Å². The van der Waals surface area contributed by atoms with Crippen LogP contribution >= 0.6 is 0 Å². The van der Waals surface area contributed by atoms with Crippen LogP contribution in [0.15, 0.2) is 18.2 Å². The summed E-state index contributed by atoms with van der Waals surface area (Å²) in [4.78, 5) is 0. The second-order valence-corrected chi connectivity index (χ2v) is 6.29. The van der Waals surface area contributed by atoms with Gasteiger partial charge in [0.2, 0.25) is 0 Å². The van der Waals surface area contributed by atoms with Gasteiger partial charge < -0.3 is 15.4 Å². The Balaban J connectivity index is 1.94. The van der Waals surface area contributed by atoms with Crippen molar-refractivity contribution in [2.24, 2.45) is 0 Å². The molecule has 0 saturated carbocycles. The average Bonchev–Trinajstić information content (AvgIpc) is 2.36. The van der Waals surface area contributed by atoms with Gasteiger partial charge in [-0.2, -0.15) is 0 Å². The maximum atomic E-state index is 5.92. The van der Waals surface area contributed by atoms with Crippen molar-refractivity contribution in [1.82, 2.24) is 5.32 Å². The lowest BCUT2D eigenvalue weighted by molar-refractivity contribution is 0.202. The maximum absolute atomic E-state index is 5.92. The lowest BCUT2D eigenvalue weighted by atomic mass is 10.1. The molecule has 0 radical (unpaired) electrons. The van der Waals surface area contributed by atoms with Crippen molar-refractivity contribution in [3.05, 3.63) is 23.8 Å². The molecule has 3 nitrogen and oxygen atoms in total. The minimum absolute atomic E-state index is 0.184. The van der Waals surface area contributed by atoms with E-state index in [0.717, 1.165) is 37.4 Å². The molecule has 3 heteroatoms. The van der Waals surface area contributed by atoms with Crippen LogP contribution in [0.25, 0.3) is 0 Å². The number of hydrogen-bond acceptors (Lipinski definition) is 3. The highest BCUT2D eigenvalue weighted by molar-refractivity contribution is 5.59. The van der Waals surface area contributed by atoms with Crippen LogP contribution in [0.1, 0.15) is 39.7 Å². The molecule has 1 aromatic carbocycles. The molecule has 1 heterocycles. The number of nitrogens with one attached hydrogen (secondary N) is 2. The van der Waals surface area contributed by atoms with Gasteiger partial charge in [-0.25, -0.2) is 0 Å². The van der Waals surface area contributed by atoms with Crippen LogP contribution in [0.2, 0.25) is 0 Å². The molecule has 1 unspecified atom stereocenters. The molecule has 2 N–H and O–H groups in total. The Hall–Kier alpha value is -1.22. The molecule has 1 atom stereocenters. The molecule has 0 amide bonds. The third-order valence-electron chi connectivity index (χ3n) is 3.38. The van der Waals surface area contributed by atoms with Crippen molar-refractivity contribution < 1.29 is 4.74 Å². The number of hydrogen-bond donors (Lipinski definition) is 2. The van der Waals surface area contributed by atoms with E-state index in [0.29, 0.717) is 6.10 Å². The summed E-state index contributed by atoms with van der Waals surface area (Å²) in [5.41, 5.74) is 2.67. The summed E-state index contributed by atoms with van der Waals surface area (Å²) in [6.45, 7) is 10.7. The van der Waals surface area contributed by atoms with Gasteiger partial charge in [-0.15, -0.1) is 0 Å². The molecule has 19 heavy (non-hydrogen) atoms. The van der Waals surface area contributed by atoms with Gasteiger partial charge in [0.15, 0.2) is 0 Å². The zero-order valence-electron chi connectivity index (χ0n) is 12.5. The Morgan fingerprint density at radius 2 is 2.16 bits per heavy atom. The third kappa shape index (κ3) is 4.13. The molecule has 2 rings (SSSR count). The number of fused-ring (bicyclic) bond motifs is 1. The Labute approximate surface area is 116 Å². The van der Waals surface area contributed by atoms with Crippen LogP contribution in [0.4, 0.5) is 5.69 Å². The summed E-state index contributed by atoms with van der Waals surface area (Å²) in [6.07, 6.45) is 2.40. The van der Waals surface area contributed by atoms with Gasteiger partial charge in [0.05, 0.1) is 12.2 Å². The van der Waals surface area contributed by atoms with E-state index in [-0.39, 0.29) is 5.54 Å². The van der Waals surface area contributed by atoms with Gasteiger partial charge >= 0.3 is 0 Å². The second-order valence-electron chi connectivity index (χ2n) is 6.29. The number of ether oxygens (including phenoxy) is 1. The van der Waals surface area contributed by atoms with Crippen molar-refractivity contribution in [3.63, 3.8) is 0 Å². The summed E-state index contributed by atoms with van der Waals surface area (Å²) in [5.74, 6) is 0.991. The molecule has 0 aromatic heterocycles. The van der Waals surface area contributed by atoms with E-state index < -0.39 is 0 Å². The monoisotopic (exact) mass is 262 g/mol. The molecule has 0 bridgehead atoms. The first kappa shape index (κ1) is 14.2. The summed E-state index contributed by atoms with van der Waals surface area (Å²) >= 11 is 0. The highest BCUT2D eigenvalue weighted by Gasteiger charge is 2.17. The zero-order chi connectivity index (χ0) is 13.9. The van der Waals surface area contributed by atoms with E-state index in [2.05, 4.69) is 56.5 Å². The van der Waals surface area contributed by atoms with Crippen LogP contribution in [0, 0.1) is 0 Å². The largest absolute Gasteiger partial charge is 0.486 e. The normalized spacial score (nSPS) is 18.4. The zero-order valence-corrected chi connectivity index (χ0v) is 12.5. The molecule has 0 spiro atoms. The van der Waals surface area contributed by atoms with E-state index in [9.17, 15) is 0 Å². The lowest BCUT2D eigenvalue weighted by Gasteiger charge is -2.27. The van der Waals surface area contributed by atoms with Crippen molar-refractivity contribution in [3.8, 4) is 5.75 Å². The molecular weight excluding hydrogens is 236 g/mol. The molecule has 1 aromatic rings. The summed E-state index contributed by atoms with van der Waals surface area (Å²) in [5, 5.41) is 6.98. The van der Waals surface area contributed by atoms with E-state index in [1.807, 2.05) is 0 Å². The topological polar surface area (TPSA) is 33.3 Å². The summed E-state index contributed by atoms with van der Waals surface area (Å²) in [7, 11) is 0. The van der Waals surface area contributed by atoms with Crippen molar-refractivity contribution in [2.45, 2.75) is 52.2 Å². The third-order valence-corrected chi connectivity index (χ3v) is 3.38. The van der Waals surface area contributed by atoms with E-state index in [1.54, 1.807) is 0 Å². The van der Waals surface area contributed by atoms with Gasteiger partial charge in [0.25, 0.3) is 0 Å². The van der Waals surface area contributed by atoms with Gasteiger partial charge in [-0.05, 0) is 57.9 Å². The highest BCUT2D eigenvalue weighted by Crippen LogP contribution is 2.30. The highest BCUT2D eigenvalue weighted by atomic mass is 16.5. The van der Waals surface area contributed by atoms with Crippen molar-refractivity contribution in [1.29, 1.82) is 0 Å². The Bertz CT molecular complexity index is 423. The molecule has 0 saturated heterocycles. The van der Waals surface area contributed by atoms with Gasteiger partial charge in [0, 0.05) is 5.54 Å². The molecule has 1 aliphatic rings. The number of benzene rings is 1. The van der Waals surface area contributed by atoms with Gasteiger partial charge in [0.1, 0.15) is 11.9 Å². The first-order valence-electron chi connectivity index (χ1n) is 7.26. The van der Waals surface area contributed by atoms with Crippen LogP contribution in [-0.2, 0) is 6.42 Å². The fourth-order valence-electron chi connectivity index (χ4n) is 2.23. The van der Waals surface area contributed by atoms with Crippen LogP contribution in [-0.4, -0.2) is 24.7 Å². The van der Waals surface area contributed by atoms with E-state index in [1.165, 1.54) is 5.56 Å². The van der Waals surface area contributed by atoms with E-state index in [4.69, 9.17) is 4.74 Å². The Morgan fingerprint density at radius 1 is 1.37 bits per heavy atom. The number of anilines is 1. The minimum atomic E-state index is 0.184. The Morgan fingerprint density at radius 3 is 2.84 bits per heavy atom. The molecular formula is C16H26N2O. The van der Waals surface area contributed by atoms with Crippen LogP contribution in [0.5, 0.6) is 5.75 Å². The first-order valence-corrected chi connectivity index (χ1v) is 7.26. The maximum Gasteiger partial charge on any atom is 0.142 e. The molecule has 0 aliphatic carbocycles. The summed E-state index contributed by atoms with van der Waals surface area (Å²) < 4.78 is 5.92. The van der Waals surface area contributed by atoms with Gasteiger partial charge in [-0.1, -0.05) is 13.0 Å². The average molecular weight is 262 g/mol. The van der Waals surface area contributed by atoms with Crippen molar-refractivity contribution in [2.75, 3.05) is 18.4 Å². The second kappa shape index (κ2) is 5.83. The minimum Gasteiger partial charge on any atom is -0.486 e. The molecule has 106 valence electrons. The summed E-state index contributed by atoms with van der Waals surface area (Å²) in [6, 6.07) is 6.48. The van der Waals surface area contributed by atoms with Gasteiger partial charge in [-0.3, -0.25) is 0 Å². The standard InChI is InChI=1S/C16H26N2O/c1-5-13-11-17-14-10-12(6-7-15(14)19-13)8-9-18-16(2,3)4/h6-7,10,13,17-18H,5,8-9,11H2,1-4H3. The first-order chi connectivity index (χ1) is 8.98. The fourth-order valence-corrected chi connectivity index (χ4v) is 2.23. The number of rotatable bonds is 4.